The molecule has 2 N–H and O–H groups in total. The van der Waals surface area contributed by atoms with Crippen LogP contribution in [0.2, 0.25) is 0 Å². The van der Waals surface area contributed by atoms with Crippen molar-refractivity contribution in [3.8, 4) is 0 Å². The van der Waals surface area contributed by atoms with Gasteiger partial charge in [0, 0.05) is 70.6 Å². The van der Waals surface area contributed by atoms with Crippen molar-refractivity contribution < 1.29 is 29.4 Å². The van der Waals surface area contributed by atoms with Crippen LogP contribution >= 0.6 is 0 Å². The first kappa shape index (κ1) is 30.9. The van der Waals surface area contributed by atoms with Gasteiger partial charge in [-0.2, -0.15) is 0 Å². The lowest BCUT2D eigenvalue weighted by Crippen LogP contribution is -2.44. The number of carbonyl (C=O) groups is 4. The van der Waals surface area contributed by atoms with Crippen LogP contribution in [0.3, 0.4) is 0 Å². The molecular weight excluding hydrogens is 584 g/mol. The van der Waals surface area contributed by atoms with E-state index in [2.05, 4.69) is 0 Å². The molecule has 0 saturated heterocycles. The van der Waals surface area contributed by atoms with Crippen LogP contribution in [0.5, 0.6) is 0 Å². The zero-order chi connectivity index (χ0) is 32.9. The Kier molecular flexibility index (Phi) is 8.10. The van der Waals surface area contributed by atoms with Gasteiger partial charge in [0.1, 0.15) is 0 Å². The van der Waals surface area contributed by atoms with Gasteiger partial charge >= 0.3 is 0 Å². The van der Waals surface area contributed by atoms with Gasteiger partial charge in [0.15, 0.2) is 0 Å². The molecule has 0 radical (unpaired) electrons. The van der Waals surface area contributed by atoms with E-state index in [1.165, 1.54) is 0 Å². The minimum atomic E-state index is -0.531. The molecule has 4 amide bonds. The first-order valence-electron chi connectivity index (χ1n) is 15.5. The summed E-state index contributed by atoms with van der Waals surface area (Å²) >= 11 is 0. The smallest absolute Gasteiger partial charge is 0.265 e. The maximum atomic E-state index is 14.0. The van der Waals surface area contributed by atoms with E-state index in [1.807, 2.05) is 61.8 Å². The maximum Gasteiger partial charge on any atom is 0.265 e. The number of imide groups is 2. The van der Waals surface area contributed by atoms with E-state index >= 15 is 0 Å². The van der Waals surface area contributed by atoms with Crippen molar-refractivity contribution in [2.75, 3.05) is 59.0 Å². The molecule has 2 aliphatic rings. The van der Waals surface area contributed by atoms with Crippen molar-refractivity contribution in [1.82, 2.24) is 0 Å². The summed E-state index contributed by atoms with van der Waals surface area (Å²) in [6, 6.07) is 17.1. The zero-order valence-corrected chi connectivity index (χ0v) is 26.3. The first-order chi connectivity index (χ1) is 22.2. The number of anilines is 4. The van der Waals surface area contributed by atoms with Crippen LogP contribution in [-0.2, 0) is 0 Å². The molecule has 0 aliphatic carbocycles. The minimum absolute atomic E-state index is 0.000276. The summed E-state index contributed by atoms with van der Waals surface area (Å²) in [5, 5.41) is 19.5. The lowest BCUT2D eigenvalue weighted by atomic mass is 9.85. The lowest BCUT2D eigenvalue weighted by molar-refractivity contribution is 0.0873. The van der Waals surface area contributed by atoms with Gasteiger partial charge in [0.05, 0.1) is 24.6 Å². The van der Waals surface area contributed by atoms with Gasteiger partial charge in [0.25, 0.3) is 23.6 Å². The summed E-state index contributed by atoms with van der Waals surface area (Å²) in [5.74, 6) is -2.12. The van der Waals surface area contributed by atoms with Gasteiger partial charge < -0.3 is 20.0 Å². The number of hydrogen-bond acceptors (Lipinski definition) is 8. The Morgan fingerprint density at radius 2 is 0.870 bits per heavy atom. The van der Waals surface area contributed by atoms with Crippen molar-refractivity contribution in [3.05, 3.63) is 94.0 Å². The first-order valence-corrected chi connectivity index (χ1v) is 15.5. The number of likely N-dealkylation sites (N-methyl/N-ethyl adjacent to an activating group) is 2. The molecular formula is C36H36N4O6. The third-order valence-corrected chi connectivity index (χ3v) is 8.97. The monoisotopic (exact) mass is 620 g/mol. The van der Waals surface area contributed by atoms with E-state index in [-0.39, 0.29) is 35.5 Å². The minimum Gasteiger partial charge on any atom is -0.395 e. The molecule has 10 nitrogen and oxygen atoms in total. The second-order valence-corrected chi connectivity index (χ2v) is 11.5. The highest BCUT2D eigenvalue weighted by Crippen LogP contribution is 2.41. The second-order valence-electron chi connectivity index (χ2n) is 11.5. The fourth-order valence-electron chi connectivity index (χ4n) is 6.67. The molecule has 0 saturated carbocycles. The molecule has 4 aromatic rings. The Morgan fingerprint density at radius 1 is 0.543 bits per heavy atom. The molecule has 0 atom stereocenters. The van der Waals surface area contributed by atoms with Gasteiger partial charge in [-0.1, -0.05) is 0 Å². The van der Waals surface area contributed by atoms with Crippen LogP contribution in [0.15, 0.2) is 60.7 Å². The molecule has 0 unspecified atom stereocenters. The van der Waals surface area contributed by atoms with Crippen LogP contribution in [0.25, 0.3) is 10.8 Å². The van der Waals surface area contributed by atoms with Gasteiger partial charge in [-0.25, -0.2) is 9.80 Å². The summed E-state index contributed by atoms with van der Waals surface area (Å²) in [4.78, 5) is 62.2. The summed E-state index contributed by atoms with van der Waals surface area (Å²) in [6.07, 6.45) is 0. The molecule has 2 heterocycles. The Bertz CT molecular complexity index is 1730. The largest absolute Gasteiger partial charge is 0.395 e. The van der Waals surface area contributed by atoms with Crippen LogP contribution in [0.4, 0.5) is 22.7 Å². The van der Waals surface area contributed by atoms with Crippen molar-refractivity contribution in [2.24, 2.45) is 0 Å². The van der Waals surface area contributed by atoms with Crippen molar-refractivity contribution in [2.45, 2.75) is 27.7 Å². The third-order valence-electron chi connectivity index (χ3n) is 8.97. The molecule has 236 valence electrons. The van der Waals surface area contributed by atoms with Crippen molar-refractivity contribution >= 4 is 57.2 Å². The molecule has 4 aromatic carbocycles. The molecule has 0 spiro atoms. The molecule has 46 heavy (non-hydrogen) atoms. The summed E-state index contributed by atoms with van der Waals surface area (Å²) in [6.45, 7) is 9.91. The van der Waals surface area contributed by atoms with Crippen LogP contribution in [0.1, 0.15) is 66.4 Å². The predicted molar refractivity (Wildman–Crippen MR) is 179 cm³/mol. The summed E-state index contributed by atoms with van der Waals surface area (Å²) in [5.41, 5.74) is 5.02. The summed E-state index contributed by atoms with van der Waals surface area (Å²) in [7, 11) is 0. The van der Waals surface area contributed by atoms with E-state index in [0.717, 1.165) is 21.2 Å². The topological polar surface area (TPSA) is 122 Å². The van der Waals surface area contributed by atoms with Gasteiger partial charge in [-0.3, -0.25) is 19.2 Å². The molecule has 10 heteroatoms. The van der Waals surface area contributed by atoms with Crippen LogP contribution in [0, 0.1) is 13.8 Å². The summed E-state index contributed by atoms with van der Waals surface area (Å²) < 4.78 is 0. The second kappa shape index (κ2) is 12.0. The lowest BCUT2D eigenvalue weighted by Gasteiger charge is -2.33. The molecule has 6 rings (SSSR count). The Hall–Kier alpha value is -5.06. The zero-order valence-electron chi connectivity index (χ0n) is 26.3. The van der Waals surface area contributed by atoms with Crippen LogP contribution < -0.4 is 19.6 Å². The van der Waals surface area contributed by atoms with E-state index in [9.17, 15) is 29.4 Å². The fourth-order valence-corrected chi connectivity index (χ4v) is 6.67. The number of benzene rings is 4. The molecule has 2 aliphatic heterocycles. The van der Waals surface area contributed by atoms with Gasteiger partial charge in [-0.15, -0.1) is 0 Å². The normalized spacial score (nSPS) is 14.0. The Morgan fingerprint density at radius 3 is 1.13 bits per heavy atom. The standard InChI is InChI=1S/C36H36N4O6/c1-5-37(15-17-41)23-7-13-29(21(3)19-23)39-33(43)25-9-11-27-32-28(12-10-26(31(25)32)34(39)44)36(46)40(35(27)45)30-14-8-24(20-22(30)4)38(6-2)16-18-42/h7-14,19-20,41-42H,5-6,15-18H2,1-4H3. The number of aliphatic hydroxyl groups is 2. The van der Waals surface area contributed by atoms with Gasteiger partial charge in [0.2, 0.25) is 0 Å². The number of amides is 4. The third kappa shape index (κ3) is 4.72. The van der Waals surface area contributed by atoms with Crippen molar-refractivity contribution in [1.29, 1.82) is 0 Å². The number of aliphatic hydroxyl groups excluding tert-OH is 2. The average Bonchev–Trinajstić information content (AvgIpc) is 3.05. The highest BCUT2D eigenvalue weighted by Gasteiger charge is 2.41. The number of hydrogen-bond donors (Lipinski definition) is 2. The SMILES string of the molecule is CCN(CCO)c1ccc(N2C(=O)c3ccc4c5c(ccc(c35)C2=O)C(=O)N(c2ccc(N(CC)CCO)cc2C)C4=O)c(C)c1. The Labute approximate surface area is 267 Å². The van der Waals surface area contributed by atoms with Crippen molar-refractivity contribution in [3.63, 3.8) is 0 Å². The van der Waals surface area contributed by atoms with Gasteiger partial charge in [-0.05, 0) is 99.5 Å². The van der Waals surface area contributed by atoms with E-state index in [0.29, 0.717) is 59.5 Å². The predicted octanol–water partition coefficient (Wildman–Crippen LogP) is 4.70. The number of carbonyl (C=O) groups excluding carboxylic acids is 4. The molecule has 0 bridgehead atoms. The quantitative estimate of drug-likeness (QED) is 0.245. The van der Waals surface area contributed by atoms with E-state index < -0.39 is 23.6 Å². The highest BCUT2D eigenvalue weighted by atomic mass is 16.3. The number of rotatable bonds is 10. The number of nitrogens with zero attached hydrogens (tertiary/aromatic N) is 4. The molecule has 0 aromatic heterocycles. The average molecular weight is 621 g/mol. The van der Waals surface area contributed by atoms with E-state index in [1.54, 1.807) is 36.4 Å². The van der Waals surface area contributed by atoms with E-state index in [4.69, 9.17) is 0 Å². The van der Waals surface area contributed by atoms with Crippen LogP contribution in [-0.4, -0.2) is 73.2 Å². The maximum absolute atomic E-state index is 14.0. The highest BCUT2D eigenvalue weighted by molar-refractivity contribution is 6.42. The number of aryl methyl sites for hydroxylation is 2. The molecule has 0 fully saturated rings. The Balaban J connectivity index is 1.40. The fraction of sp³-hybridized carbons (Fsp3) is 0.278.